The first-order valence-corrected chi connectivity index (χ1v) is 16.2. The molecule has 13 heteroatoms. The van der Waals surface area contributed by atoms with E-state index in [-0.39, 0.29) is 33.9 Å². The summed E-state index contributed by atoms with van der Waals surface area (Å²) in [5.41, 5.74) is 1.40. The van der Waals surface area contributed by atoms with Gasteiger partial charge < -0.3 is 13.9 Å². The van der Waals surface area contributed by atoms with Crippen LogP contribution in [0.2, 0.25) is 0 Å². The number of imide groups is 1. The molecule has 2 aromatic carbocycles. The highest BCUT2D eigenvalue weighted by atomic mass is 32.2. The highest BCUT2D eigenvalue weighted by Gasteiger charge is 2.37. The molecule has 244 valence electrons. The average Bonchev–Trinajstić information content (AvgIpc) is 3.41. The Kier molecular flexibility index (Phi) is 9.39. The fourth-order valence-corrected chi connectivity index (χ4v) is 5.32. The van der Waals surface area contributed by atoms with E-state index in [2.05, 4.69) is 15.2 Å². The fourth-order valence-electron chi connectivity index (χ4n) is 4.26. The molecule has 0 spiro atoms. The van der Waals surface area contributed by atoms with Gasteiger partial charge in [-0.25, -0.2) is 28.0 Å². The van der Waals surface area contributed by atoms with Crippen molar-refractivity contribution in [2.24, 2.45) is 0 Å². The van der Waals surface area contributed by atoms with Crippen molar-refractivity contribution in [3.05, 3.63) is 59.8 Å². The van der Waals surface area contributed by atoms with E-state index in [0.717, 1.165) is 11.1 Å². The maximum Gasteiger partial charge on any atom is 0.425 e. The number of rotatable bonds is 6. The number of sulfone groups is 1. The zero-order valence-corrected chi connectivity index (χ0v) is 28.5. The highest BCUT2D eigenvalue weighted by Crippen LogP contribution is 2.34. The predicted octanol–water partition coefficient (Wildman–Crippen LogP) is 7.34. The lowest BCUT2D eigenvalue weighted by Gasteiger charge is -2.28. The quantitative estimate of drug-likeness (QED) is 0.206. The van der Waals surface area contributed by atoms with Gasteiger partial charge >= 0.3 is 12.2 Å². The zero-order valence-electron chi connectivity index (χ0n) is 27.7. The van der Waals surface area contributed by atoms with Gasteiger partial charge in [0.2, 0.25) is 5.89 Å². The van der Waals surface area contributed by atoms with Crippen LogP contribution in [0.1, 0.15) is 66.5 Å². The molecule has 0 radical (unpaired) electrons. The minimum absolute atomic E-state index is 0.100. The number of benzene rings is 2. The van der Waals surface area contributed by atoms with E-state index in [0.29, 0.717) is 16.0 Å². The second kappa shape index (κ2) is 12.6. The van der Waals surface area contributed by atoms with Crippen molar-refractivity contribution in [1.82, 2.24) is 20.2 Å². The number of hydrogen-bond donors (Lipinski definition) is 0. The molecule has 0 aliphatic heterocycles. The molecule has 0 saturated heterocycles. The van der Waals surface area contributed by atoms with E-state index in [1.54, 1.807) is 67.5 Å². The van der Waals surface area contributed by atoms with Crippen LogP contribution in [0, 0.1) is 13.8 Å². The van der Waals surface area contributed by atoms with Crippen molar-refractivity contribution < 1.29 is 31.9 Å². The monoisotopic (exact) mass is 649 g/mol. The first kappa shape index (κ1) is 34.2. The Bertz CT molecular complexity index is 1840. The minimum Gasteiger partial charge on any atom is -0.443 e. The second-order valence-electron chi connectivity index (χ2n) is 13.1. The Morgan fingerprint density at radius 1 is 0.848 bits per heavy atom. The van der Waals surface area contributed by atoms with E-state index >= 15 is 0 Å². The minimum atomic E-state index is -3.50. The molecule has 0 aliphatic rings. The second-order valence-corrected chi connectivity index (χ2v) is 15.6. The van der Waals surface area contributed by atoms with Crippen molar-refractivity contribution in [3.63, 3.8) is 0 Å². The third kappa shape index (κ3) is 7.76. The number of nitrogens with zero attached hydrogens (tertiary/aromatic N) is 5. The average molecular weight is 650 g/mol. The molecule has 46 heavy (non-hydrogen) atoms. The summed E-state index contributed by atoms with van der Waals surface area (Å²) >= 11 is 0. The summed E-state index contributed by atoms with van der Waals surface area (Å²) in [6.07, 6.45) is -0.765. The summed E-state index contributed by atoms with van der Waals surface area (Å²) in [5, 5.41) is 7.83. The predicted molar refractivity (Wildman–Crippen MR) is 173 cm³/mol. The Morgan fingerprint density at radius 3 is 1.93 bits per heavy atom. The van der Waals surface area contributed by atoms with Gasteiger partial charge in [-0.15, -0.1) is 10.2 Å². The van der Waals surface area contributed by atoms with Crippen molar-refractivity contribution in [2.75, 3.05) is 4.90 Å². The molecule has 4 rings (SSSR count). The maximum atomic E-state index is 13.5. The summed E-state index contributed by atoms with van der Waals surface area (Å²) in [6.45, 7) is 17.0. The van der Waals surface area contributed by atoms with E-state index in [9.17, 15) is 18.0 Å². The first-order chi connectivity index (χ1) is 21.3. The number of aromatic nitrogens is 4. The zero-order chi connectivity index (χ0) is 34.2. The molecule has 2 amide bonds. The number of ether oxygens (including phenoxy) is 2. The number of aryl methyl sites for hydroxylation is 2. The molecule has 0 saturated carbocycles. The molecule has 0 N–H and O–H groups in total. The molecule has 12 nitrogen and oxygen atoms in total. The lowest BCUT2D eigenvalue weighted by molar-refractivity contribution is 0.0429. The SMILES string of the molecule is Cc1ccc(-c2nnc(-c3nc(-c4ccc(S(=O)(=O)C(C)C)cc4)cnc3N(C(=O)OC(C)(C)C)C(=O)OC(C)(C)C)o2)c(C)c1. The molecular formula is C33H39N5O7S. The van der Waals surface area contributed by atoms with Gasteiger partial charge in [-0.1, -0.05) is 29.8 Å². The Hall–Kier alpha value is -4.65. The summed E-state index contributed by atoms with van der Waals surface area (Å²) in [7, 11) is -3.50. The number of carbonyl (C=O) groups is 2. The lowest BCUT2D eigenvalue weighted by atomic mass is 10.1. The summed E-state index contributed by atoms with van der Waals surface area (Å²) in [6, 6.07) is 11.9. The van der Waals surface area contributed by atoms with Gasteiger partial charge in [0.1, 0.15) is 11.2 Å². The molecule has 4 aromatic rings. The Morgan fingerprint density at radius 2 is 1.41 bits per heavy atom. The first-order valence-electron chi connectivity index (χ1n) is 14.7. The topological polar surface area (TPSA) is 155 Å². The highest BCUT2D eigenvalue weighted by molar-refractivity contribution is 7.92. The summed E-state index contributed by atoms with van der Waals surface area (Å²) in [5.74, 6) is -0.201. The van der Waals surface area contributed by atoms with Gasteiger partial charge in [0, 0.05) is 11.1 Å². The van der Waals surface area contributed by atoms with Crippen LogP contribution in [0.3, 0.4) is 0 Å². The largest absolute Gasteiger partial charge is 0.443 e. The summed E-state index contributed by atoms with van der Waals surface area (Å²) < 4.78 is 42.5. The van der Waals surface area contributed by atoms with Crippen LogP contribution in [0.5, 0.6) is 0 Å². The number of carbonyl (C=O) groups excluding carboxylic acids is 2. The van der Waals surface area contributed by atoms with Crippen LogP contribution >= 0.6 is 0 Å². The van der Waals surface area contributed by atoms with E-state index in [1.807, 2.05) is 32.0 Å². The fraction of sp³-hybridized carbons (Fsp3) is 0.394. The number of anilines is 1. The third-order valence-electron chi connectivity index (χ3n) is 6.46. The maximum absolute atomic E-state index is 13.5. The van der Waals surface area contributed by atoms with Gasteiger partial charge in [-0.2, -0.15) is 4.90 Å². The lowest BCUT2D eigenvalue weighted by Crippen LogP contribution is -2.44. The molecule has 0 fully saturated rings. The van der Waals surface area contributed by atoms with Crippen LogP contribution in [0.4, 0.5) is 15.4 Å². The molecule has 0 bridgehead atoms. The van der Waals surface area contributed by atoms with Crippen LogP contribution in [0.25, 0.3) is 34.3 Å². The number of hydrogen-bond acceptors (Lipinski definition) is 11. The normalized spacial score (nSPS) is 12.2. The Labute approximate surface area is 269 Å². The molecular weight excluding hydrogens is 610 g/mol. The van der Waals surface area contributed by atoms with Crippen LogP contribution in [-0.4, -0.2) is 57.2 Å². The molecule has 0 unspecified atom stereocenters. The standard InChI is InChI=1S/C33H39N5O7S/c1-19(2)46(41,42)23-14-12-22(13-15-23)25-18-34-27(38(30(39)44-32(5,6)7)31(40)45-33(8,9)10)26(35-25)29-37-36-28(43-29)24-16-11-20(3)17-21(24)4/h11-19H,1-10H3. The van der Waals surface area contributed by atoms with E-state index in [1.165, 1.54) is 18.3 Å². The van der Waals surface area contributed by atoms with E-state index < -0.39 is 38.5 Å². The van der Waals surface area contributed by atoms with Crippen LogP contribution in [-0.2, 0) is 19.3 Å². The van der Waals surface area contributed by atoms with Gasteiger partial charge in [0.05, 0.1) is 22.0 Å². The number of amides is 2. The van der Waals surface area contributed by atoms with E-state index in [4.69, 9.17) is 18.9 Å². The van der Waals surface area contributed by atoms with Crippen molar-refractivity contribution in [3.8, 4) is 34.3 Å². The molecule has 2 aromatic heterocycles. The van der Waals surface area contributed by atoms with Gasteiger partial charge in [-0.3, -0.25) is 0 Å². The Balaban J connectivity index is 1.92. The van der Waals surface area contributed by atoms with Crippen molar-refractivity contribution in [2.45, 2.75) is 90.6 Å². The van der Waals surface area contributed by atoms with Gasteiger partial charge in [-0.05, 0) is 93.0 Å². The third-order valence-corrected chi connectivity index (χ3v) is 8.63. The molecule has 2 heterocycles. The molecule has 0 atom stereocenters. The summed E-state index contributed by atoms with van der Waals surface area (Å²) in [4.78, 5) is 37.0. The van der Waals surface area contributed by atoms with Crippen LogP contribution in [0.15, 0.2) is 58.0 Å². The van der Waals surface area contributed by atoms with Crippen LogP contribution < -0.4 is 4.90 Å². The van der Waals surface area contributed by atoms with Gasteiger partial charge in [0.25, 0.3) is 5.89 Å². The molecule has 0 aliphatic carbocycles. The van der Waals surface area contributed by atoms with Crippen molar-refractivity contribution in [1.29, 1.82) is 0 Å². The smallest absolute Gasteiger partial charge is 0.425 e. The van der Waals surface area contributed by atoms with Crippen molar-refractivity contribution >= 4 is 27.8 Å². The van der Waals surface area contributed by atoms with Gasteiger partial charge in [0.15, 0.2) is 21.3 Å².